The van der Waals surface area contributed by atoms with Gasteiger partial charge in [0, 0.05) is 9.61 Å². The molecule has 1 aromatic rings. The lowest BCUT2D eigenvalue weighted by molar-refractivity contribution is 0.0929. The van der Waals surface area contributed by atoms with Crippen LogP contribution in [0.5, 0.6) is 0 Å². The van der Waals surface area contributed by atoms with Gasteiger partial charge in [-0.25, -0.2) is 0 Å². The SMILES string of the molecule is Cl.NCC1CCCC1NC(=O)c1ccc(I)cc1Cl. The van der Waals surface area contributed by atoms with Gasteiger partial charge in [0.2, 0.25) is 0 Å². The Kier molecular flexibility index (Phi) is 6.86. The van der Waals surface area contributed by atoms with Crippen LogP contribution in [0.25, 0.3) is 0 Å². The Labute approximate surface area is 138 Å². The van der Waals surface area contributed by atoms with E-state index >= 15 is 0 Å². The molecule has 1 amide bonds. The number of benzene rings is 1. The number of halogens is 3. The molecule has 1 aliphatic carbocycles. The number of carbonyl (C=O) groups excluding carboxylic acids is 1. The van der Waals surface area contributed by atoms with E-state index in [1.54, 1.807) is 12.1 Å². The lowest BCUT2D eigenvalue weighted by atomic mass is 10.0. The highest BCUT2D eigenvalue weighted by Crippen LogP contribution is 2.26. The molecule has 0 spiro atoms. The normalized spacial score (nSPS) is 21.8. The molecule has 0 aliphatic heterocycles. The van der Waals surface area contributed by atoms with E-state index in [1.165, 1.54) is 0 Å². The van der Waals surface area contributed by atoms with Crippen LogP contribution in [0.3, 0.4) is 0 Å². The van der Waals surface area contributed by atoms with Crippen LogP contribution in [-0.2, 0) is 0 Å². The summed E-state index contributed by atoms with van der Waals surface area (Å²) in [4.78, 5) is 12.2. The van der Waals surface area contributed by atoms with E-state index in [0.29, 0.717) is 23.0 Å². The van der Waals surface area contributed by atoms with Crippen molar-refractivity contribution in [2.45, 2.75) is 25.3 Å². The first-order valence-electron chi connectivity index (χ1n) is 6.08. The van der Waals surface area contributed by atoms with Gasteiger partial charge in [-0.1, -0.05) is 18.0 Å². The lowest BCUT2D eigenvalue weighted by Crippen LogP contribution is -2.39. The molecule has 3 nitrogen and oxygen atoms in total. The summed E-state index contributed by atoms with van der Waals surface area (Å²) in [6.45, 7) is 0.630. The Morgan fingerprint density at radius 3 is 2.84 bits per heavy atom. The lowest BCUT2D eigenvalue weighted by Gasteiger charge is -2.19. The van der Waals surface area contributed by atoms with Crippen molar-refractivity contribution in [3.8, 4) is 0 Å². The fraction of sp³-hybridized carbons (Fsp3) is 0.462. The van der Waals surface area contributed by atoms with E-state index < -0.39 is 0 Å². The molecule has 0 saturated heterocycles. The second kappa shape index (κ2) is 7.67. The second-order valence-corrected chi connectivity index (χ2v) is 6.28. The number of amides is 1. The first kappa shape index (κ1) is 17.0. The maximum atomic E-state index is 12.2. The van der Waals surface area contributed by atoms with E-state index in [2.05, 4.69) is 27.9 Å². The number of hydrogen-bond donors (Lipinski definition) is 2. The van der Waals surface area contributed by atoms with Crippen LogP contribution in [0.4, 0.5) is 0 Å². The Morgan fingerprint density at radius 1 is 1.47 bits per heavy atom. The highest BCUT2D eigenvalue weighted by molar-refractivity contribution is 14.1. The monoisotopic (exact) mass is 414 g/mol. The van der Waals surface area contributed by atoms with Crippen LogP contribution in [-0.4, -0.2) is 18.5 Å². The van der Waals surface area contributed by atoms with Gasteiger partial charge in [-0.15, -0.1) is 12.4 Å². The van der Waals surface area contributed by atoms with Crippen molar-refractivity contribution in [3.63, 3.8) is 0 Å². The van der Waals surface area contributed by atoms with Gasteiger partial charge in [-0.05, 0) is 66.1 Å². The number of nitrogens with one attached hydrogen (secondary N) is 1. The second-order valence-electron chi connectivity index (χ2n) is 4.63. The third-order valence-corrected chi connectivity index (χ3v) is 4.44. The van der Waals surface area contributed by atoms with Crippen LogP contribution in [0.15, 0.2) is 18.2 Å². The molecular weight excluding hydrogens is 398 g/mol. The Balaban J connectivity index is 0.00000180. The third kappa shape index (κ3) is 4.21. The molecule has 0 radical (unpaired) electrons. The number of carbonyl (C=O) groups is 1. The molecule has 2 unspecified atom stereocenters. The maximum absolute atomic E-state index is 12.2. The first-order chi connectivity index (χ1) is 8.61. The molecule has 106 valence electrons. The van der Waals surface area contributed by atoms with Crippen molar-refractivity contribution >= 4 is 52.5 Å². The van der Waals surface area contributed by atoms with Crippen LogP contribution in [0.1, 0.15) is 29.6 Å². The fourth-order valence-electron chi connectivity index (χ4n) is 2.43. The van der Waals surface area contributed by atoms with Crippen LogP contribution >= 0.6 is 46.6 Å². The molecule has 1 saturated carbocycles. The Morgan fingerprint density at radius 2 is 2.21 bits per heavy atom. The molecule has 6 heteroatoms. The number of hydrogen-bond acceptors (Lipinski definition) is 2. The van der Waals surface area contributed by atoms with E-state index in [-0.39, 0.29) is 24.4 Å². The summed E-state index contributed by atoms with van der Waals surface area (Å²) in [5, 5.41) is 3.55. The van der Waals surface area contributed by atoms with Gasteiger partial charge in [0.1, 0.15) is 0 Å². The van der Waals surface area contributed by atoms with E-state index in [1.807, 2.05) is 6.07 Å². The Hall–Kier alpha value is -0.0400. The van der Waals surface area contributed by atoms with Crippen LogP contribution in [0, 0.1) is 9.49 Å². The molecule has 0 heterocycles. The molecule has 2 rings (SSSR count). The first-order valence-corrected chi connectivity index (χ1v) is 7.53. The molecule has 1 aromatic carbocycles. The molecular formula is C13H17Cl2IN2O. The van der Waals surface area contributed by atoms with Crippen molar-refractivity contribution in [2.24, 2.45) is 11.7 Å². The summed E-state index contributed by atoms with van der Waals surface area (Å²) in [7, 11) is 0. The minimum atomic E-state index is -0.0956. The zero-order chi connectivity index (χ0) is 13.1. The zero-order valence-corrected chi connectivity index (χ0v) is 14.1. The van der Waals surface area contributed by atoms with Gasteiger partial charge in [0.05, 0.1) is 10.6 Å². The summed E-state index contributed by atoms with van der Waals surface area (Å²) < 4.78 is 1.02. The zero-order valence-electron chi connectivity index (χ0n) is 10.4. The quantitative estimate of drug-likeness (QED) is 0.746. The molecule has 0 aromatic heterocycles. The molecule has 19 heavy (non-hydrogen) atoms. The summed E-state index contributed by atoms with van der Waals surface area (Å²) in [6.07, 6.45) is 3.24. The van der Waals surface area contributed by atoms with Crippen molar-refractivity contribution in [1.29, 1.82) is 0 Å². The summed E-state index contributed by atoms with van der Waals surface area (Å²) in [5.74, 6) is 0.304. The minimum absolute atomic E-state index is 0. The standard InChI is InChI=1S/C13H16ClIN2O.ClH/c14-11-6-9(15)4-5-10(11)13(18)17-12-3-1-2-8(12)7-16;/h4-6,8,12H,1-3,7,16H2,(H,17,18);1H. The maximum Gasteiger partial charge on any atom is 0.253 e. The van der Waals surface area contributed by atoms with Gasteiger partial charge in [-0.3, -0.25) is 4.79 Å². The average Bonchev–Trinajstić information content (AvgIpc) is 2.76. The number of rotatable bonds is 3. The predicted octanol–water partition coefficient (Wildman–Crippen LogP) is 3.22. The largest absolute Gasteiger partial charge is 0.349 e. The average molecular weight is 415 g/mol. The highest BCUT2D eigenvalue weighted by atomic mass is 127. The molecule has 3 N–H and O–H groups in total. The predicted molar refractivity (Wildman–Crippen MR) is 89.1 cm³/mol. The molecule has 2 atom stereocenters. The van der Waals surface area contributed by atoms with E-state index in [4.69, 9.17) is 17.3 Å². The highest BCUT2D eigenvalue weighted by Gasteiger charge is 2.27. The molecule has 0 bridgehead atoms. The molecule has 1 aliphatic rings. The third-order valence-electron chi connectivity index (χ3n) is 3.45. The van der Waals surface area contributed by atoms with E-state index in [0.717, 1.165) is 22.8 Å². The fourth-order valence-corrected chi connectivity index (χ4v) is 3.37. The van der Waals surface area contributed by atoms with Gasteiger partial charge in [0.15, 0.2) is 0 Å². The van der Waals surface area contributed by atoms with Gasteiger partial charge in [-0.2, -0.15) is 0 Å². The van der Waals surface area contributed by atoms with Crippen molar-refractivity contribution in [1.82, 2.24) is 5.32 Å². The van der Waals surface area contributed by atoms with Gasteiger partial charge >= 0.3 is 0 Å². The Bertz CT molecular complexity index is 456. The van der Waals surface area contributed by atoms with Crippen molar-refractivity contribution < 1.29 is 4.79 Å². The number of nitrogens with two attached hydrogens (primary N) is 1. The van der Waals surface area contributed by atoms with Crippen molar-refractivity contribution in [2.75, 3.05) is 6.54 Å². The van der Waals surface area contributed by atoms with E-state index in [9.17, 15) is 4.79 Å². The smallest absolute Gasteiger partial charge is 0.253 e. The van der Waals surface area contributed by atoms with Crippen LogP contribution < -0.4 is 11.1 Å². The minimum Gasteiger partial charge on any atom is -0.349 e. The van der Waals surface area contributed by atoms with Gasteiger partial charge < -0.3 is 11.1 Å². The summed E-state index contributed by atoms with van der Waals surface area (Å²) >= 11 is 8.26. The summed E-state index contributed by atoms with van der Waals surface area (Å²) in [6, 6.07) is 5.65. The van der Waals surface area contributed by atoms with Crippen LogP contribution in [0.2, 0.25) is 5.02 Å². The topological polar surface area (TPSA) is 55.1 Å². The molecule has 1 fully saturated rings. The van der Waals surface area contributed by atoms with Crippen molar-refractivity contribution in [3.05, 3.63) is 32.4 Å². The summed E-state index contributed by atoms with van der Waals surface area (Å²) in [5.41, 5.74) is 6.25. The van der Waals surface area contributed by atoms with Gasteiger partial charge in [0.25, 0.3) is 5.91 Å².